The lowest BCUT2D eigenvalue weighted by Crippen LogP contribution is -2.38. The number of fused-ring (bicyclic) bond motifs is 3. The highest BCUT2D eigenvalue weighted by molar-refractivity contribution is 7.07. The first kappa shape index (κ1) is 23.4. The number of aryl methyl sites for hydroxylation is 1. The number of allylic oxidation sites excluding steroid dienone is 1. The van der Waals surface area contributed by atoms with Crippen LogP contribution >= 0.6 is 22.9 Å². The molecule has 0 bridgehead atoms. The second kappa shape index (κ2) is 9.14. The van der Waals surface area contributed by atoms with Gasteiger partial charge in [0, 0.05) is 11.6 Å². The van der Waals surface area contributed by atoms with Gasteiger partial charge in [0.2, 0.25) is 0 Å². The van der Waals surface area contributed by atoms with E-state index in [1.165, 1.54) is 29.0 Å². The number of nitro benzene ring substituents is 1. The largest absolute Gasteiger partial charge is 0.497 e. The molecule has 6 rings (SSSR count). The van der Waals surface area contributed by atoms with E-state index >= 15 is 0 Å². The molecule has 0 radical (unpaired) electrons. The highest BCUT2D eigenvalue weighted by Gasteiger charge is 2.32. The zero-order chi connectivity index (χ0) is 25.7. The maximum absolute atomic E-state index is 13.8. The van der Waals surface area contributed by atoms with E-state index in [2.05, 4.69) is 12.1 Å². The van der Waals surface area contributed by atoms with Crippen molar-refractivity contribution in [2.24, 2.45) is 4.99 Å². The van der Waals surface area contributed by atoms with Gasteiger partial charge in [-0.15, -0.1) is 0 Å². The third-order valence-corrected chi connectivity index (χ3v) is 8.05. The van der Waals surface area contributed by atoms with Crippen LogP contribution in [0.25, 0.3) is 11.8 Å². The van der Waals surface area contributed by atoms with E-state index in [0.29, 0.717) is 20.6 Å². The molecule has 1 aliphatic heterocycles. The SMILES string of the molecule is COc1cccc(C2C3=C(N=c4sc(=Cc5ccc(Cl)c([N+](=O)[O-])c5)c(=O)n42)c2ccccc2CC3)c1. The number of hydrogen-bond acceptors (Lipinski definition) is 6. The van der Waals surface area contributed by atoms with Crippen LogP contribution in [-0.2, 0) is 6.42 Å². The van der Waals surface area contributed by atoms with Crippen molar-refractivity contribution in [3.63, 3.8) is 0 Å². The molecule has 0 N–H and O–H groups in total. The Kier molecular flexibility index (Phi) is 5.78. The minimum absolute atomic E-state index is 0.0491. The summed E-state index contributed by atoms with van der Waals surface area (Å²) in [7, 11) is 1.62. The third-order valence-electron chi connectivity index (χ3n) is 6.75. The molecule has 2 aliphatic rings. The molecule has 0 saturated carbocycles. The summed E-state index contributed by atoms with van der Waals surface area (Å²) in [5, 5.41) is 11.4. The normalized spacial score (nSPS) is 16.5. The minimum Gasteiger partial charge on any atom is -0.497 e. The van der Waals surface area contributed by atoms with Crippen molar-refractivity contribution in [2.45, 2.75) is 18.9 Å². The maximum Gasteiger partial charge on any atom is 0.288 e. The first-order chi connectivity index (χ1) is 17.9. The van der Waals surface area contributed by atoms with Crippen molar-refractivity contribution in [3.8, 4) is 5.75 Å². The summed E-state index contributed by atoms with van der Waals surface area (Å²) >= 11 is 7.26. The van der Waals surface area contributed by atoms with Crippen molar-refractivity contribution < 1.29 is 9.66 Å². The molecule has 0 spiro atoms. The van der Waals surface area contributed by atoms with Crippen LogP contribution < -0.4 is 19.6 Å². The van der Waals surface area contributed by atoms with Gasteiger partial charge in [0.15, 0.2) is 4.80 Å². The Bertz CT molecular complexity index is 1800. The number of ether oxygens (including phenoxy) is 1. The number of hydrogen-bond donors (Lipinski definition) is 0. The molecule has 9 heteroatoms. The fourth-order valence-corrected chi connectivity index (χ4v) is 6.23. The van der Waals surface area contributed by atoms with Crippen LogP contribution in [-0.4, -0.2) is 16.6 Å². The molecule has 1 unspecified atom stereocenters. The summed E-state index contributed by atoms with van der Waals surface area (Å²) in [6, 6.07) is 20.2. The second-order valence-electron chi connectivity index (χ2n) is 8.86. The van der Waals surface area contributed by atoms with Crippen LogP contribution in [0.2, 0.25) is 5.02 Å². The average Bonchev–Trinajstić information content (AvgIpc) is 3.22. The molecule has 0 amide bonds. The van der Waals surface area contributed by atoms with Crippen LogP contribution in [0.1, 0.15) is 34.7 Å². The quantitative estimate of drug-likeness (QED) is 0.278. The van der Waals surface area contributed by atoms with Gasteiger partial charge in [0.25, 0.3) is 11.2 Å². The number of nitro groups is 1. The molecule has 0 fully saturated rings. The molecular formula is C28H20ClN3O4S. The van der Waals surface area contributed by atoms with Gasteiger partial charge in [-0.3, -0.25) is 19.5 Å². The number of aromatic nitrogens is 1. The Hall–Kier alpha value is -4.01. The number of halogens is 1. The van der Waals surface area contributed by atoms with Crippen LogP contribution in [0.5, 0.6) is 5.75 Å². The van der Waals surface area contributed by atoms with Gasteiger partial charge in [0.1, 0.15) is 10.8 Å². The molecule has 0 saturated heterocycles. The first-order valence-corrected chi connectivity index (χ1v) is 12.8. The number of methoxy groups -OCH3 is 1. The number of thiazole rings is 1. The topological polar surface area (TPSA) is 86.7 Å². The zero-order valence-corrected chi connectivity index (χ0v) is 21.3. The molecule has 184 valence electrons. The molecule has 1 aliphatic carbocycles. The standard InChI is InChI=1S/C28H20ClN3O4S/c1-36-19-7-4-6-18(15-19)26-21-11-10-17-5-2-3-8-20(17)25(21)30-28-31(26)27(33)24(37-28)14-16-9-12-22(29)23(13-16)32(34)35/h2-9,12-15,26H,10-11H2,1H3. The monoisotopic (exact) mass is 529 g/mol. The van der Waals surface area contributed by atoms with E-state index in [-0.39, 0.29) is 22.3 Å². The molecule has 3 aromatic carbocycles. The lowest BCUT2D eigenvalue weighted by molar-refractivity contribution is -0.384. The van der Waals surface area contributed by atoms with Crippen molar-refractivity contribution in [1.82, 2.24) is 4.57 Å². The molecule has 2 heterocycles. The van der Waals surface area contributed by atoms with Gasteiger partial charge in [0.05, 0.1) is 28.3 Å². The van der Waals surface area contributed by atoms with Gasteiger partial charge in [-0.2, -0.15) is 0 Å². The maximum atomic E-state index is 13.8. The Labute approximate surface area is 220 Å². The van der Waals surface area contributed by atoms with Crippen LogP contribution in [0.3, 0.4) is 0 Å². The molecule has 37 heavy (non-hydrogen) atoms. The van der Waals surface area contributed by atoms with E-state index in [0.717, 1.165) is 35.2 Å². The summed E-state index contributed by atoms with van der Waals surface area (Å²) in [6.45, 7) is 0. The number of benzene rings is 3. The van der Waals surface area contributed by atoms with E-state index in [1.807, 2.05) is 36.4 Å². The Morgan fingerprint density at radius 3 is 2.78 bits per heavy atom. The minimum atomic E-state index is -0.532. The second-order valence-corrected chi connectivity index (χ2v) is 10.3. The van der Waals surface area contributed by atoms with E-state index in [9.17, 15) is 14.9 Å². The lowest BCUT2D eigenvalue weighted by Gasteiger charge is -2.31. The van der Waals surface area contributed by atoms with Gasteiger partial charge < -0.3 is 4.74 Å². The van der Waals surface area contributed by atoms with E-state index in [4.69, 9.17) is 21.3 Å². The van der Waals surface area contributed by atoms with Crippen molar-refractivity contribution in [1.29, 1.82) is 0 Å². The van der Waals surface area contributed by atoms with Crippen molar-refractivity contribution >= 4 is 40.4 Å². The fraction of sp³-hybridized carbons (Fsp3) is 0.143. The van der Waals surface area contributed by atoms with Gasteiger partial charge in [-0.05, 0) is 59.4 Å². The molecule has 4 aromatic rings. The first-order valence-electron chi connectivity index (χ1n) is 11.7. The summed E-state index contributed by atoms with van der Waals surface area (Å²) in [5.41, 5.74) is 5.38. The predicted molar refractivity (Wildman–Crippen MR) is 144 cm³/mol. The van der Waals surface area contributed by atoms with Gasteiger partial charge in [-0.1, -0.05) is 65.4 Å². The smallest absolute Gasteiger partial charge is 0.288 e. The Morgan fingerprint density at radius 1 is 1.14 bits per heavy atom. The number of nitrogens with zero attached hydrogens (tertiary/aromatic N) is 3. The molecule has 7 nitrogen and oxygen atoms in total. The lowest BCUT2D eigenvalue weighted by atomic mass is 9.83. The highest BCUT2D eigenvalue weighted by Crippen LogP contribution is 2.41. The summed E-state index contributed by atoms with van der Waals surface area (Å²) in [5.74, 6) is 0.712. The van der Waals surface area contributed by atoms with Crippen LogP contribution in [0.4, 0.5) is 5.69 Å². The van der Waals surface area contributed by atoms with Gasteiger partial charge >= 0.3 is 0 Å². The van der Waals surface area contributed by atoms with E-state index < -0.39 is 4.92 Å². The Morgan fingerprint density at radius 2 is 1.97 bits per heavy atom. The zero-order valence-electron chi connectivity index (χ0n) is 19.7. The fourth-order valence-electron chi connectivity index (χ4n) is 5.04. The molecule has 1 aromatic heterocycles. The summed E-state index contributed by atoms with van der Waals surface area (Å²) in [4.78, 5) is 30.2. The van der Waals surface area contributed by atoms with Crippen molar-refractivity contribution in [2.75, 3.05) is 7.11 Å². The van der Waals surface area contributed by atoms with Crippen LogP contribution in [0.15, 0.2) is 82.1 Å². The summed E-state index contributed by atoms with van der Waals surface area (Å²) in [6.07, 6.45) is 3.31. The molecular weight excluding hydrogens is 510 g/mol. The van der Waals surface area contributed by atoms with Crippen LogP contribution in [0, 0.1) is 10.1 Å². The van der Waals surface area contributed by atoms with Gasteiger partial charge in [-0.25, -0.2) is 4.99 Å². The van der Waals surface area contributed by atoms with Crippen molar-refractivity contribution in [3.05, 3.63) is 129 Å². The third kappa shape index (κ3) is 3.98. The number of rotatable bonds is 4. The highest BCUT2D eigenvalue weighted by atomic mass is 35.5. The Balaban J connectivity index is 1.60. The van der Waals surface area contributed by atoms with E-state index in [1.54, 1.807) is 23.8 Å². The molecule has 1 atom stereocenters. The predicted octanol–water partition coefficient (Wildman–Crippen LogP) is 4.89. The summed E-state index contributed by atoms with van der Waals surface area (Å²) < 4.78 is 7.66. The average molecular weight is 530 g/mol.